The molecule has 7 heteroatoms. The molecule has 6 nitrogen and oxygen atoms in total. The van der Waals surface area contributed by atoms with Crippen molar-refractivity contribution in [2.75, 3.05) is 5.32 Å². The van der Waals surface area contributed by atoms with Gasteiger partial charge in [0.15, 0.2) is 0 Å². The number of aromatic nitrogens is 2. The quantitative estimate of drug-likeness (QED) is 0.742. The fraction of sp³-hybridized carbons (Fsp3) is 0. The van der Waals surface area contributed by atoms with Crippen LogP contribution >= 0.6 is 0 Å². The number of aliphatic carboxylic acids is 1. The van der Waals surface area contributed by atoms with Crippen LogP contribution in [-0.2, 0) is 4.79 Å². The highest BCUT2D eigenvalue weighted by Crippen LogP contribution is 2.16. The molecule has 3 N–H and O–H groups in total. The minimum atomic E-state index is -1.17. The van der Waals surface area contributed by atoms with Gasteiger partial charge in [0.1, 0.15) is 5.82 Å². The molecule has 1 heterocycles. The van der Waals surface area contributed by atoms with Gasteiger partial charge in [-0.15, -0.1) is 0 Å². The van der Waals surface area contributed by atoms with E-state index in [0.29, 0.717) is 5.56 Å². The third kappa shape index (κ3) is 3.29. The smallest absolute Gasteiger partial charge is 0.328 e. The summed E-state index contributed by atoms with van der Waals surface area (Å²) in [6, 6.07) is 3.96. The molecular formula is C13H10FN3O3. The Kier molecular flexibility index (Phi) is 3.90. The van der Waals surface area contributed by atoms with Crippen LogP contribution < -0.4 is 5.32 Å². The summed E-state index contributed by atoms with van der Waals surface area (Å²) in [6.45, 7) is 0. The van der Waals surface area contributed by atoms with E-state index in [1.807, 2.05) is 0 Å². The molecule has 0 aliphatic carbocycles. The number of halogens is 1. The first-order chi connectivity index (χ1) is 9.56. The van der Waals surface area contributed by atoms with Crippen molar-refractivity contribution in [3.63, 3.8) is 0 Å². The Morgan fingerprint density at radius 3 is 2.80 bits per heavy atom. The number of hydrogen-bond acceptors (Lipinski definition) is 3. The average Bonchev–Trinajstić information content (AvgIpc) is 2.91. The first-order valence-electron chi connectivity index (χ1n) is 5.57. The monoisotopic (exact) mass is 275 g/mol. The predicted molar refractivity (Wildman–Crippen MR) is 69.6 cm³/mol. The van der Waals surface area contributed by atoms with E-state index in [4.69, 9.17) is 5.11 Å². The second-order valence-corrected chi connectivity index (χ2v) is 3.85. The van der Waals surface area contributed by atoms with Gasteiger partial charge in [0, 0.05) is 23.5 Å². The van der Waals surface area contributed by atoms with Gasteiger partial charge in [0.05, 0.1) is 11.8 Å². The molecule has 2 aromatic rings. The van der Waals surface area contributed by atoms with Crippen LogP contribution in [-0.4, -0.2) is 27.2 Å². The molecule has 0 saturated heterocycles. The Balaban J connectivity index is 2.13. The summed E-state index contributed by atoms with van der Waals surface area (Å²) < 4.78 is 13.7. The van der Waals surface area contributed by atoms with Crippen molar-refractivity contribution in [2.45, 2.75) is 0 Å². The lowest BCUT2D eigenvalue weighted by molar-refractivity contribution is -0.131. The summed E-state index contributed by atoms with van der Waals surface area (Å²) in [4.78, 5) is 22.1. The van der Waals surface area contributed by atoms with Crippen molar-refractivity contribution in [2.24, 2.45) is 0 Å². The standard InChI is InChI=1S/C13H10FN3O3/c14-11-5-10(3-1-8(11)2-4-12(18)19)17-13(20)9-6-15-16-7-9/h1-7H,(H,15,16)(H,17,20)(H,18,19). The zero-order chi connectivity index (χ0) is 14.5. The summed E-state index contributed by atoms with van der Waals surface area (Å²) in [5.41, 5.74) is 0.704. The normalized spacial score (nSPS) is 10.7. The minimum Gasteiger partial charge on any atom is -0.478 e. The summed E-state index contributed by atoms with van der Waals surface area (Å²) in [5.74, 6) is -2.22. The minimum absolute atomic E-state index is 0.119. The molecule has 20 heavy (non-hydrogen) atoms. The molecule has 0 unspecified atom stereocenters. The zero-order valence-electron chi connectivity index (χ0n) is 10.1. The molecule has 0 fully saturated rings. The van der Waals surface area contributed by atoms with Crippen molar-refractivity contribution in [3.8, 4) is 0 Å². The van der Waals surface area contributed by atoms with Crippen molar-refractivity contribution in [3.05, 3.63) is 53.6 Å². The Morgan fingerprint density at radius 2 is 2.20 bits per heavy atom. The molecule has 0 spiro atoms. The van der Waals surface area contributed by atoms with E-state index < -0.39 is 17.7 Å². The van der Waals surface area contributed by atoms with Crippen LogP contribution in [0, 0.1) is 5.82 Å². The van der Waals surface area contributed by atoms with Gasteiger partial charge in [0.2, 0.25) is 0 Å². The van der Waals surface area contributed by atoms with Crippen molar-refractivity contribution >= 4 is 23.6 Å². The van der Waals surface area contributed by atoms with Crippen LogP contribution in [0.1, 0.15) is 15.9 Å². The van der Waals surface area contributed by atoms with Crippen molar-refractivity contribution in [1.82, 2.24) is 10.2 Å². The van der Waals surface area contributed by atoms with Gasteiger partial charge < -0.3 is 10.4 Å². The fourth-order valence-electron chi connectivity index (χ4n) is 1.48. The van der Waals surface area contributed by atoms with E-state index >= 15 is 0 Å². The average molecular weight is 275 g/mol. The molecule has 1 amide bonds. The van der Waals surface area contributed by atoms with Gasteiger partial charge in [-0.2, -0.15) is 5.10 Å². The van der Waals surface area contributed by atoms with Gasteiger partial charge in [-0.05, 0) is 24.3 Å². The molecule has 1 aromatic heterocycles. The van der Waals surface area contributed by atoms with Crippen molar-refractivity contribution in [1.29, 1.82) is 0 Å². The number of nitrogens with zero attached hydrogens (tertiary/aromatic N) is 1. The number of carbonyl (C=O) groups is 2. The highest BCUT2D eigenvalue weighted by Gasteiger charge is 2.08. The second-order valence-electron chi connectivity index (χ2n) is 3.85. The molecule has 0 aliphatic heterocycles. The molecular weight excluding hydrogens is 265 g/mol. The van der Waals surface area contributed by atoms with Crippen LogP contribution in [0.25, 0.3) is 6.08 Å². The fourth-order valence-corrected chi connectivity index (χ4v) is 1.48. The maximum Gasteiger partial charge on any atom is 0.328 e. The van der Waals surface area contributed by atoms with Crippen molar-refractivity contribution < 1.29 is 19.1 Å². The van der Waals surface area contributed by atoms with Crippen LogP contribution in [0.5, 0.6) is 0 Å². The highest BCUT2D eigenvalue weighted by molar-refractivity contribution is 6.03. The van der Waals surface area contributed by atoms with Crippen LogP contribution in [0.2, 0.25) is 0 Å². The lowest BCUT2D eigenvalue weighted by Crippen LogP contribution is -2.11. The van der Waals surface area contributed by atoms with Crippen LogP contribution in [0.4, 0.5) is 10.1 Å². The molecule has 0 bridgehead atoms. The number of benzene rings is 1. The summed E-state index contributed by atoms with van der Waals surface area (Å²) in [6.07, 6.45) is 4.73. The number of nitrogens with one attached hydrogen (secondary N) is 2. The Morgan fingerprint density at radius 1 is 1.40 bits per heavy atom. The molecule has 0 aliphatic rings. The number of carboxylic acid groups (broad SMARTS) is 1. The third-order valence-corrected chi connectivity index (χ3v) is 2.42. The number of anilines is 1. The van der Waals surface area contributed by atoms with E-state index in [1.165, 1.54) is 24.5 Å². The highest BCUT2D eigenvalue weighted by atomic mass is 19.1. The molecule has 0 atom stereocenters. The number of aromatic amines is 1. The summed E-state index contributed by atoms with van der Waals surface area (Å²) in [7, 11) is 0. The van der Waals surface area contributed by atoms with Gasteiger partial charge >= 0.3 is 5.97 Å². The van der Waals surface area contributed by atoms with E-state index in [9.17, 15) is 14.0 Å². The predicted octanol–water partition coefficient (Wildman–Crippen LogP) is 1.90. The Labute approximate surface area is 112 Å². The SMILES string of the molecule is O=C(O)C=Cc1ccc(NC(=O)c2cn[nH]c2)cc1F. The lowest BCUT2D eigenvalue weighted by atomic mass is 10.1. The Bertz CT molecular complexity index is 666. The van der Waals surface area contributed by atoms with Gasteiger partial charge in [-0.25, -0.2) is 9.18 Å². The second kappa shape index (κ2) is 5.79. The first-order valence-corrected chi connectivity index (χ1v) is 5.57. The summed E-state index contributed by atoms with van der Waals surface area (Å²) >= 11 is 0. The molecule has 2 rings (SSSR count). The molecule has 1 aromatic carbocycles. The van der Waals surface area contributed by atoms with E-state index in [1.54, 1.807) is 0 Å². The number of amides is 1. The van der Waals surface area contributed by atoms with Crippen LogP contribution in [0.3, 0.4) is 0 Å². The van der Waals surface area contributed by atoms with Gasteiger partial charge in [-0.3, -0.25) is 9.89 Å². The third-order valence-electron chi connectivity index (χ3n) is 2.42. The lowest BCUT2D eigenvalue weighted by Gasteiger charge is -2.05. The van der Waals surface area contributed by atoms with E-state index in [0.717, 1.165) is 18.2 Å². The molecule has 0 radical (unpaired) electrons. The number of H-pyrrole nitrogens is 1. The van der Waals surface area contributed by atoms with E-state index in [2.05, 4.69) is 15.5 Å². The number of carbonyl (C=O) groups excluding carboxylic acids is 1. The van der Waals surface area contributed by atoms with Crippen LogP contribution in [0.15, 0.2) is 36.7 Å². The van der Waals surface area contributed by atoms with Gasteiger partial charge in [-0.1, -0.05) is 0 Å². The summed E-state index contributed by atoms with van der Waals surface area (Å²) in [5, 5.41) is 17.1. The largest absolute Gasteiger partial charge is 0.478 e. The molecule has 0 saturated carbocycles. The number of hydrogen-bond donors (Lipinski definition) is 3. The maximum atomic E-state index is 13.7. The topological polar surface area (TPSA) is 95.1 Å². The number of carboxylic acids is 1. The number of rotatable bonds is 4. The first kappa shape index (κ1) is 13.5. The van der Waals surface area contributed by atoms with E-state index in [-0.39, 0.29) is 11.3 Å². The van der Waals surface area contributed by atoms with Gasteiger partial charge in [0.25, 0.3) is 5.91 Å². The molecule has 102 valence electrons. The maximum absolute atomic E-state index is 13.7. The Hall–Kier alpha value is -2.96. The zero-order valence-corrected chi connectivity index (χ0v) is 10.1.